The summed E-state index contributed by atoms with van der Waals surface area (Å²) in [5.74, 6) is -0.00222. The minimum Gasteiger partial charge on any atom is -0.353 e. The lowest BCUT2D eigenvalue weighted by molar-refractivity contribution is 0.0538. The summed E-state index contributed by atoms with van der Waals surface area (Å²) in [4.78, 5) is 21.6. The zero-order valence-corrected chi connectivity index (χ0v) is 19.0. The van der Waals surface area contributed by atoms with Gasteiger partial charge in [0.1, 0.15) is 5.82 Å². The average Bonchev–Trinajstić information content (AvgIpc) is 2.75. The number of hydrogen-bond acceptors (Lipinski definition) is 7. The largest absolute Gasteiger partial charge is 0.353 e. The Kier molecular flexibility index (Phi) is 6.96. The van der Waals surface area contributed by atoms with Gasteiger partial charge in [0.2, 0.25) is 10.0 Å². The number of nitrogens with zero attached hydrogens (tertiary/aromatic N) is 2. The Morgan fingerprint density at radius 2 is 1.72 bits per heavy atom. The second-order valence-corrected chi connectivity index (χ2v) is 9.13. The molecule has 0 radical (unpaired) electrons. The summed E-state index contributed by atoms with van der Waals surface area (Å²) < 4.78 is 25.3. The SMILES string of the molecule is CONC(=O)c1cnc(Nc2ccc(C)cc2)cc1Nc1ccccc1N(C)S(C)(=O)=O. The Morgan fingerprint density at radius 1 is 1.03 bits per heavy atom. The Hall–Kier alpha value is -3.63. The van der Waals surface area contributed by atoms with Gasteiger partial charge in [-0.1, -0.05) is 29.8 Å². The molecule has 0 aliphatic heterocycles. The zero-order chi connectivity index (χ0) is 23.3. The van der Waals surface area contributed by atoms with Crippen molar-refractivity contribution in [1.29, 1.82) is 0 Å². The van der Waals surface area contributed by atoms with Crippen LogP contribution in [0.1, 0.15) is 15.9 Å². The highest BCUT2D eigenvalue weighted by molar-refractivity contribution is 7.92. The van der Waals surface area contributed by atoms with E-state index >= 15 is 0 Å². The summed E-state index contributed by atoms with van der Waals surface area (Å²) in [7, 11) is -0.690. The second kappa shape index (κ2) is 9.67. The minimum atomic E-state index is -3.49. The summed E-state index contributed by atoms with van der Waals surface area (Å²) >= 11 is 0. The highest BCUT2D eigenvalue weighted by Crippen LogP contribution is 2.32. The molecule has 0 aliphatic rings. The van der Waals surface area contributed by atoms with E-state index in [1.807, 2.05) is 31.2 Å². The predicted octanol–water partition coefficient (Wildman–Crippen LogP) is 3.56. The Balaban J connectivity index is 2.01. The van der Waals surface area contributed by atoms with Crippen LogP contribution in [0.5, 0.6) is 0 Å². The van der Waals surface area contributed by atoms with Gasteiger partial charge < -0.3 is 10.6 Å². The molecule has 3 N–H and O–H groups in total. The molecule has 0 spiro atoms. The number of aryl methyl sites for hydroxylation is 1. The van der Waals surface area contributed by atoms with Gasteiger partial charge in [0, 0.05) is 25.0 Å². The number of aromatic nitrogens is 1. The smallest absolute Gasteiger partial charge is 0.278 e. The van der Waals surface area contributed by atoms with E-state index in [-0.39, 0.29) is 5.56 Å². The number of amides is 1. The Bertz CT molecular complexity index is 1210. The third kappa shape index (κ3) is 5.54. The molecule has 0 aliphatic carbocycles. The van der Waals surface area contributed by atoms with Crippen LogP contribution in [0.25, 0.3) is 0 Å². The van der Waals surface area contributed by atoms with Gasteiger partial charge >= 0.3 is 0 Å². The molecule has 0 fully saturated rings. The molecule has 168 valence electrons. The maximum absolute atomic E-state index is 12.5. The monoisotopic (exact) mass is 455 g/mol. The molecule has 0 unspecified atom stereocenters. The summed E-state index contributed by atoms with van der Waals surface area (Å²) in [5, 5.41) is 6.36. The third-order valence-electron chi connectivity index (χ3n) is 4.68. The number of para-hydroxylation sites is 2. The molecule has 0 saturated carbocycles. The van der Waals surface area contributed by atoms with E-state index in [1.54, 1.807) is 30.3 Å². The van der Waals surface area contributed by atoms with Crippen LogP contribution in [-0.4, -0.2) is 39.7 Å². The van der Waals surface area contributed by atoms with Crippen molar-refractivity contribution >= 4 is 44.5 Å². The first kappa shape index (κ1) is 23.0. The van der Waals surface area contributed by atoms with E-state index in [2.05, 4.69) is 21.1 Å². The molecule has 1 aromatic heterocycles. The van der Waals surface area contributed by atoms with Crippen molar-refractivity contribution in [2.24, 2.45) is 0 Å². The van der Waals surface area contributed by atoms with Gasteiger partial charge in [0.15, 0.2) is 0 Å². The van der Waals surface area contributed by atoms with Gasteiger partial charge in [-0.05, 0) is 31.2 Å². The summed E-state index contributed by atoms with van der Waals surface area (Å²) in [6.45, 7) is 2.00. The maximum Gasteiger partial charge on any atom is 0.278 e. The fourth-order valence-corrected chi connectivity index (χ4v) is 3.43. The molecule has 32 heavy (non-hydrogen) atoms. The van der Waals surface area contributed by atoms with Crippen molar-refractivity contribution in [3.8, 4) is 0 Å². The fraction of sp³-hybridized carbons (Fsp3) is 0.182. The van der Waals surface area contributed by atoms with E-state index in [4.69, 9.17) is 4.84 Å². The van der Waals surface area contributed by atoms with Crippen LogP contribution < -0.4 is 20.4 Å². The molecular formula is C22H25N5O4S. The number of nitrogens with one attached hydrogen (secondary N) is 3. The van der Waals surface area contributed by atoms with Crippen LogP contribution in [0, 0.1) is 6.92 Å². The third-order valence-corrected chi connectivity index (χ3v) is 5.87. The number of benzene rings is 2. The van der Waals surface area contributed by atoms with Crippen LogP contribution in [0.15, 0.2) is 60.8 Å². The topological polar surface area (TPSA) is 113 Å². The van der Waals surface area contributed by atoms with Crippen molar-refractivity contribution < 1.29 is 18.0 Å². The molecule has 2 aromatic carbocycles. The number of rotatable bonds is 8. The summed E-state index contributed by atoms with van der Waals surface area (Å²) in [6.07, 6.45) is 2.54. The first-order valence-electron chi connectivity index (χ1n) is 9.66. The molecular weight excluding hydrogens is 430 g/mol. The van der Waals surface area contributed by atoms with Crippen LogP contribution in [-0.2, 0) is 14.9 Å². The first-order valence-corrected chi connectivity index (χ1v) is 11.5. The Labute approximate surface area is 187 Å². The van der Waals surface area contributed by atoms with Crippen LogP contribution >= 0.6 is 0 Å². The van der Waals surface area contributed by atoms with Gasteiger partial charge in [0.05, 0.1) is 36.0 Å². The van der Waals surface area contributed by atoms with Crippen molar-refractivity contribution in [2.45, 2.75) is 6.92 Å². The van der Waals surface area contributed by atoms with Crippen LogP contribution in [0.3, 0.4) is 0 Å². The lowest BCUT2D eigenvalue weighted by Crippen LogP contribution is -2.26. The predicted molar refractivity (Wildman–Crippen MR) is 126 cm³/mol. The molecule has 3 rings (SSSR count). The van der Waals surface area contributed by atoms with Gasteiger partial charge in [-0.15, -0.1) is 0 Å². The van der Waals surface area contributed by atoms with Crippen molar-refractivity contribution in [3.63, 3.8) is 0 Å². The van der Waals surface area contributed by atoms with E-state index in [1.165, 1.54) is 20.4 Å². The van der Waals surface area contributed by atoms with E-state index in [0.717, 1.165) is 21.8 Å². The first-order chi connectivity index (χ1) is 15.2. The molecule has 0 atom stereocenters. The quantitative estimate of drug-likeness (QED) is 0.445. The molecule has 9 nitrogen and oxygen atoms in total. The number of carbonyl (C=O) groups excluding carboxylic acids is 1. The summed E-state index contributed by atoms with van der Waals surface area (Å²) in [5.41, 5.74) is 5.81. The molecule has 0 bridgehead atoms. The molecule has 3 aromatic rings. The number of carbonyl (C=O) groups is 1. The highest BCUT2D eigenvalue weighted by atomic mass is 32.2. The van der Waals surface area contributed by atoms with Gasteiger partial charge in [-0.3, -0.25) is 13.9 Å². The second-order valence-electron chi connectivity index (χ2n) is 7.11. The zero-order valence-electron chi connectivity index (χ0n) is 18.2. The Morgan fingerprint density at radius 3 is 2.38 bits per heavy atom. The van der Waals surface area contributed by atoms with E-state index in [9.17, 15) is 13.2 Å². The van der Waals surface area contributed by atoms with E-state index in [0.29, 0.717) is 22.9 Å². The number of pyridine rings is 1. The van der Waals surface area contributed by atoms with Gasteiger partial charge in [0.25, 0.3) is 5.91 Å². The molecule has 0 saturated heterocycles. The summed E-state index contributed by atoms with van der Waals surface area (Å²) in [6, 6.07) is 16.4. The number of hydrogen-bond donors (Lipinski definition) is 3. The van der Waals surface area contributed by atoms with E-state index < -0.39 is 15.9 Å². The van der Waals surface area contributed by atoms with Crippen LogP contribution in [0.2, 0.25) is 0 Å². The highest BCUT2D eigenvalue weighted by Gasteiger charge is 2.18. The number of hydroxylamine groups is 1. The molecule has 1 heterocycles. The number of anilines is 5. The lowest BCUT2D eigenvalue weighted by atomic mass is 10.2. The minimum absolute atomic E-state index is 0.220. The van der Waals surface area contributed by atoms with Crippen molar-refractivity contribution in [1.82, 2.24) is 10.5 Å². The lowest BCUT2D eigenvalue weighted by Gasteiger charge is -2.22. The van der Waals surface area contributed by atoms with Gasteiger partial charge in [-0.25, -0.2) is 18.9 Å². The molecule has 1 amide bonds. The molecule has 10 heteroatoms. The van der Waals surface area contributed by atoms with Gasteiger partial charge in [-0.2, -0.15) is 0 Å². The number of sulfonamides is 1. The normalized spacial score (nSPS) is 11.0. The fourth-order valence-electron chi connectivity index (χ4n) is 2.92. The van der Waals surface area contributed by atoms with Crippen LogP contribution in [0.4, 0.5) is 28.6 Å². The van der Waals surface area contributed by atoms with Crippen molar-refractivity contribution in [3.05, 3.63) is 71.9 Å². The standard InChI is InChI=1S/C22H25N5O4S/c1-15-9-11-16(12-10-15)24-21-13-19(17(14-23-21)22(28)26-31-3)25-18-7-5-6-8-20(18)27(2)32(4,29)30/h5-14H,1-4H3,(H,26,28)(H2,23,24,25). The maximum atomic E-state index is 12.5. The average molecular weight is 456 g/mol. The van der Waals surface area contributed by atoms with Crippen molar-refractivity contribution in [2.75, 3.05) is 35.4 Å².